The topological polar surface area (TPSA) is 0 Å². The molecule has 0 amide bonds. The molecule has 0 fully saturated rings. The quantitative estimate of drug-likeness (QED) is 0.424. The van der Waals surface area contributed by atoms with Crippen molar-refractivity contribution in [3.63, 3.8) is 0 Å². The molecule has 0 rings (SSSR count). The van der Waals surface area contributed by atoms with E-state index < -0.39 is 0 Å². The van der Waals surface area contributed by atoms with Gasteiger partial charge in [0, 0.05) is 19.8 Å². The molecule has 0 bridgehead atoms. The zero-order chi connectivity index (χ0) is 4.28. The Bertz CT molecular complexity index is 18.9. The Kier molecular flexibility index (Phi) is 2.89. The van der Waals surface area contributed by atoms with Gasteiger partial charge in [-0.25, -0.2) is 0 Å². The maximum atomic E-state index is 3.43. The predicted octanol–water partition coefficient (Wildman–Crippen LogP) is 0.673. The van der Waals surface area contributed by atoms with E-state index in [1.165, 1.54) is 0 Å². The van der Waals surface area contributed by atoms with Gasteiger partial charge in [-0.15, -0.1) is 0 Å². The second-order valence-electron chi connectivity index (χ2n) is 1.01. The van der Waals surface area contributed by atoms with Crippen LogP contribution < -0.4 is 0 Å². The first-order valence-electron chi connectivity index (χ1n) is 1.65. The lowest BCUT2D eigenvalue weighted by atomic mass is 10.9. The van der Waals surface area contributed by atoms with E-state index >= 15 is 0 Å². The van der Waals surface area contributed by atoms with Gasteiger partial charge in [0.25, 0.3) is 0 Å². The molecule has 5 heavy (non-hydrogen) atoms. The van der Waals surface area contributed by atoms with E-state index in [0.29, 0.717) is 0 Å². The Morgan fingerprint density at radius 1 is 1.80 bits per heavy atom. The third kappa shape index (κ3) is 4.43. The summed E-state index contributed by atoms with van der Waals surface area (Å²) in [5.74, 6) is 0. The first kappa shape index (κ1) is 5.43. The minimum absolute atomic E-state index is 0.718. The Balaban J connectivity index is 2.54. The molecule has 0 heterocycles. The molecule has 5 radical (unpaired) electrons. The zero-order valence-electron chi connectivity index (χ0n) is 3.58. The Morgan fingerprint density at radius 2 is 2.00 bits per heavy atom. The molecule has 1 atom stereocenters. The largest absolute Gasteiger partial charge is 0.0733 e. The third-order valence-corrected chi connectivity index (χ3v) is 2.17. The molecule has 0 aliphatic carbocycles. The fraction of sp³-hybridized carbons (Fsp3) is 1.00. The maximum Gasteiger partial charge on any atom is 0.0337 e. The molecule has 0 aliphatic rings. The van der Waals surface area contributed by atoms with E-state index in [0.717, 1.165) is 14.7 Å². The van der Waals surface area contributed by atoms with Gasteiger partial charge in [-0.3, -0.25) is 0 Å². The smallest absolute Gasteiger partial charge is 0.0337 e. The van der Waals surface area contributed by atoms with Crippen molar-refractivity contribution in [1.29, 1.82) is 0 Å². The lowest BCUT2D eigenvalue weighted by Crippen LogP contribution is -1.89. The van der Waals surface area contributed by atoms with Crippen molar-refractivity contribution < 1.29 is 0 Å². The average Bonchev–Trinajstić information content (AvgIpc) is 1.38. The lowest BCUT2D eigenvalue weighted by molar-refractivity contribution is 1.34. The number of rotatable bonds is 1. The number of hydrogen-bond donors (Lipinski definition) is 0. The highest BCUT2D eigenvalue weighted by Gasteiger charge is 1.82. The zero-order valence-corrected chi connectivity index (χ0v) is 5.58. The van der Waals surface area contributed by atoms with Gasteiger partial charge < -0.3 is 0 Å². The molecule has 0 aliphatic heterocycles. The minimum atomic E-state index is 0.718. The van der Waals surface area contributed by atoms with Gasteiger partial charge in [0.05, 0.1) is 0 Å². The van der Waals surface area contributed by atoms with E-state index in [4.69, 9.17) is 0 Å². The molecule has 0 aromatic heterocycles. The van der Waals surface area contributed by atoms with Gasteiger partial charge in [-0.1, -0.05) is 18.6 Å². The molecule has 2 heteroatoms. The molecular formula is C3H7Si2. The van der Waals surface area contributed by atoms with Gasteiger partial charge in [0.2, 0.25) is 0 Å². The van der Waals surface area contributed by atoms with Crippen LogP contribution in [0, 0.1) is 0 Å². The maximum absolute atomic E-state index is 3.43. The van der Waals surface area contributed by atoms with Crippen LogP contribution in [0.5, 0.6) is 0 Å². The molecule has 0 aromatic carbocycles. The highest BCUT2D eigenvalue weighted by atomic mass is 28.2. The van der Waals surface area contributed by atoms with Crippen molar-refractivity contribution in [2.75, 3.05) is 0 Å². The summed E-state index contributed by atoms with van der Waals surface area (Å²) in [7, 11) is 4.46. The van der Waals surface area contributed by atoms with Crippen LogP contribution in [0.25, 0.3) is 0 Å². The van der Waals surface area contributed by atoms with Crippen molar-refractivity contribution in [3.05, 3.63) is 0 Å². The summed E-state index contributed by atoms with van der Waals surface area (Å²) in [6.07, 6.45) is 0. The van der Waals surface area contributed by atoms with E-state index in [2.05, 4.69) is 23.7 Å². The van der Waals surface area contributed by atoms with Crippen LogP contribution >= 0.6 is 0 Å². The molecule has 0 N–H and O–H groups in total. The van der Waals surface area contributed by atoms with E-state index in [1.807, 2.05) is 0 Å². The normalized spacial score (nSPS) is 15.0. The Hall–Kier alpha value is 0.434. The molecular weight excluding hydrogens is 92.2 g/mol. The van der Waals surface area contributed by atoms with Crippen LogP contribution in [-0.2, 0) is 0 Å². The van der Waals surface area contributed by atoms with Gasteiger partial charge in [-0.2, -0.15) is 0 Å². The first-order chi connectivity index (χ1) is 2.27. The van der Waals surface area contributed by atoms with Crippen LogP contribution in [0.2, 0.25) is 11.7 Å². The van der Waals surface area contributed by atoms with Gasteiger partial charge >= 0.3 is 0 Å². The molecule has 0 aromatic rings. The fourth-order valence-corrected chi connectivity index (χ4v) is 0. The lowest BCUT2D eigenvalue weighted by Gasteiger charge is -1.88. The summed E-state index contributed by atoms with van der Waals surface area (Å²) in [5, 5.41) is 0.718. The second kappa shape index (κ2) is 2.66. The molecule has 0 saturated carbocycles. The van der Waals surface area contributed by atoms with Crippen LogP contribution in [0.3, 0.4) is 0 Å². The fourth-order valence-electron chi connectivity index (χ4n) is 0. The van der Waals surface area contributed by atoms with Crippen molar-refractivity contribution in [2.24, 2.45) is 0 Å². The van der Waals surface area contributed by atoms with Gasteiger partial charge in [0.1, 0.15) is 0 Å². The third-order valence-electron chi connectivity index (χ3n) is 0.433. The Morgan fingerprint density at radius 3 is 2.00 bits per heavy atom. The van der Waals surface area contributed by atoms with Crippen molar-refractivity contribution in [3.8, 4) is 0 Å². The second-order valence-corrected chi connectivity index (χ2v) is 3.90. The van der Waals surface area contributed by atoms with Crippen molar-refractivity contribution >= 4 is 19.8 Å². The summed E-state index contributed by atoms with van der Waals surface area (Å²) in [5.41, 5.74) is 0. The van der Waals surface area contributed by atoms with Crippen molar-refractivity contribution in [2.45, 2.75) is 18.6 Å². The number of hydrogen-bond acceptors (Lipinski definition) is 0. The highest BCUT2D eigenvalue weighted by molar-refractivity contribution is 6.48. The predicted molar refractivity (Wildman–Crippen MR) is 26.8 cm³/mol. The molecule has 27 valence electrons. The van der Waals surface area contributed by atoms with E-state index in [9.17, 15) is 0 Å². The van der Waals surface area contributed by atoms with Gasteiger partial charge in [0.15, 0.2) is 0 Å². The van der Waals surface area contributed by atoms with Crippen LogP contribution in [0.1, 0.15) is 6.92 Å². The molecule has 0 nitrogen and oxygen atoms in total. The van der Waals surface area contributed by atoms with Crippen LogP contribution in [0.15, 0.2) is 0 Å². The van der Waals surface area contributed by atoms with E-state index in [1.54, 1.807) is 0 Å². The highest BCUT2D eigenvalue weighted by Crippen LogP contribution is 1.86. The first-order valence-corrected chi connectivity index (χ1v) is 3.81. The van der Waals surface area contributed by atoms with Gasteiger partial charge in [-0.05, 0) is 0 Å². The summed E-state index contributed by atoms with van der Waals surface area (Å²) in [6, 6.07) is 0. The summed E-state index contributed by atoms with van der Waals surface area (Å²) in [6.45, 7) is 4.33. The monoisotopic (exact) mass is 99.0 g/mol. The average molecular weight is 99.3 g/mol. The van der Waals surface area contributed by atoms with E-state index in [-0.39, 0.29) is 0 Å². The summed E-state index contributed by atoms with van der Waals surface area (Å²) >= 11 is 0. The SMILES string of the molecule is C[Si]C(C)[Si]. The van der Waals surface area contributed by atoms with Crippen LogP contribution in [-0.4, -0.2) is 19.8 Å². The molecule has 1 unspecified atom stereocenters. The molecule has 0 spiro atoms. The van der Waals surface area contributed by atoms with Crippen molar-refractivity contribution in [1.82, 2.24) is 0 Å². The standard InChI is InChI=1S/C3H7Si2/c1-3(4)5-2/h3H,1-2H3. The Labute approximate surface area is 39.2 Å². The summed E-state index contributed by atoms with van der Waals surface area (Å²) < 4.78 is 0. The summed E-state index contributed by atoms with van der Waals surface area (Å²) in [4.78, 5) is 0. The molecule has 0 saturated heterocycles. The minimum Gasteiger partial charge on any atom is -0.0733 e. The van der Waals surface area contributed by atoms with Crippen LogP contribution in [0.4, 0.5) is 0 Å².